The molecule has 0 saturated carbocycles. The molecule has 4 nitrogen and oxygen atoms in total. The van der Waals surface area contributed by atoms with Crippen molar-refractivity contribution in [2.24, 2.45) is 11.1 Å². The van der Waals surface area contributed by atoms with Crippen LogP contribution in [0, 0.1) is 19.3 Å². The Morgan fingerprint density at radius 2 is 2.09 bits per heavy atom. The summed E-state index contributed by atoms with van der Waals surface area (Å²) < 4.78 is 0. The molecule has 0 radical (unpaired) electrons. The van der Waals surface area contributed by atoms with Crippen molar-refractivity contribution in [2.75, 3.05) is 25.0 Å². The van der Waals surface area contributed by atoms with Crippen molar-refractivity contribution in [1.29, 1.82) is 0 Å². The minimum atomic E-state index is -0.125. The zero-order valence-electron chi connectivity index (χ0n) is 14.0. The van der Waals surface area contributed by atoms with E-state index in [1.807, 2.05) is 25.1 Å². The van der Waals surface area contributed by atoms with E-state index in [1.165, 1.54) is 11.1 Å². The van der Waals surface area contributed by atoms with Crippen LogP contribution in [0.25, 0.3) is 0 Å². The minimum absolute atomic E-state index is 0. The molecule has 1 saturated heterocycles. The average molecular weight is 326 g/mol. The van der Waals surface area contributed by atoms with Gasteiger partial charge >= 0.3 is 0 Å². The molecule has 2 unspecified atom stereocenters. The van der Waals surface area contributed by atoms with Crippen LogP contribution in [0.1, 0.15) is 31.4 Å². The van der Waals surface area contributed by atoms with Crippen molar-refractivity contribution in [1.82, 2.24) is 4.90 Å². The third-order valence-electron chi connectivity index (χ3n) is 4.78. The maximum absolute atomic E-state index is 12.4. The standard InChI is InChI=1S/C17H27N3O.ClH/c1-12-5-6-15(9-13(12)2)19-16(21)14(3)20-8-7-17(4,10-18)11-20;/h5-6,9,14H,7-8,10-11,18H2,1-4H3,(H,19,21);1H. The first-order valence-electron chi connectivity index (χ1n) is 7.67. The number of nitrogens with one attached hydrogen (secondary N) is 1. The lowest BCUT2D eigenvalue weighted by molar-refractivity contribution is -0.120. The maximum Gasteiger partial charge on any atom is 0.241 e. The number of halogens is 1. The summed E-state index contributed by atoms with van der Waals surface area (Å²) in [6.45, 7) is 10.8. The molecule has 1 amide bonds. The van der Waals surface area contributed by atoms with Crippen LogP contribution < -0.4 is 11.1 Å². The SMILES string of the molecule is Cc1ccc(NC(=O)C(C)N2CCC(C)(CN)C2)cc1C.Cl. The molecule has 22 heavy (non-hydrogen) atoms. The highest BCUT2D eigenvalue weighted by atomic mass is 35.5. The molecule has 2 rings (SSSR count). The van der Waals surface area contributed by atoms with E-state index in [0.29, 0.717) is 6.54 Å². The van der Waals surface area contributed by atoms with Gasteiger partial charge < -0.3 is 11.1 Å². The van der Waals surface area contributed by atoms with E-state index >= 15 is 0 Å². The molecule has 1 fully saturated rings. The van der Waals surface area contributed by atoms with Crippen LogP contribution in [0.15, 0.2) is 18.2 Å². The number of nitrogens with two attached hydrogens (primary N) is 1. The summed E-state index contributed by atoms with van der Waals surface area (Å²) in [5.74, 6) is 0.0551. The number of carbonyl (C=O) groups is 1. The highest BCUT2D eigenvalue weighted by Gasteiger charge is 2.36. The quantitative estimate of drug-likeness (QED) is 0.895. The normalized spacial score (nSPS) is 23.0. The number of likely N-dealkylation sites (tertiary alicyclic amines) is 1. The van der Waals surface area contributed by atoms with Crippen molar-refractivity contribution in [3.8, 4) is 0 Å². The molecule has 5 heteroatoms. The number of hydrogen-bond acceptors (Lipinski definition) is 3. The van der Waals surface area contributed by atoms with Gasteiger partial charge in [0.05, 0.1) is 6.04 Å². The molecule has 1 heterocycles. The highest BCUT2D eigenvalue weighted by Crippen LogP contribution is 2.30. The summed E-state index contributed by atoms with van der Waals surface area (Å²) in [5.41, 5.74) is 9.28. The summed E-state index contributed by atoms with van der Waals surface area (Å²) >= 11 is 0. The highest BCUT2D eigenvalue weighted by molar-refractivity contribution is 5.94. The molecule has 1 aromatic carbocycles. The maximum atomic E-state index is 12.4. The molecule has 124 valence electrons. The summed E-state index contributed by atoms with van der Waals surface area (Å²) in [6.07, 6.45) is 1.06. The van der Waals surface area contributed by atoms with Gasteiger partial charge in [-0.1, -0.05) is 13.0 Å². The van der Waals surface area contributed by atoms with Crippen LogP contribution in [-0.4, -0.2) is 36.5 Å². The van der Waals surface area contributed by atoms with Crippen LogP contribution in [0.4, 0.5) is 5.69 Å². The van der Waals surface area contributed by atoms with E-state index in [1.54, 1.807) is 0 Å². The van der Waals surface area contributed by atoms with Crippen LogP contribution in [0.5, 0.6) is 0 Å². The molecule has 0 bridgehead atoms. The largest absolute Gasteiger partial charge is 0.330 e. The summed E-state index contributed by atoms with van der Waals surface area (Å²) in [4.78, 5) is 14.6. The van der Waals surface area contributed by atoms with Gasteiger partial charge in [0, 0.05) is 12.2 Å². The van der Waals surface area contributed by atoms with Crippen LogP contribution >= 0.6 is 12.4 Å². The van der Waals surface area contributed by atoms with Crippen LogP contribution in [0.2, 0.25) is 0 Å². The van der Waals surface area contributed by atoms with E-state index in [-0.39, 0.29) is 29.8 Å². The minimum Gasteiger partial charge on any atom is -0.330 e. The number of anilines is 1. The monoisotopic (exact) mass is 325 g/mol. The summed E-state index contributed by atoms with van der Waals surface area (Å²) in [6, 6.07) is 5.89. The van der Waals surface area contributed by atoms with Gasteiger partial charge in [-0.3, -0.25) is 9.69 Å². The average Bonchev–Trinajstić information content (AvgIpc) is 2.85. The van der Waals surface area contributed by atoms with Gasteiger partial charge in [-0.2, -0.15) is 0 Å². The van der Waals surface area contributed by atoms with E-state index < -0.39 is 0 Å². The van der Waals surface area contributed by atoms with Crippen molar-refractivity contribution in [3.63, 3.8) is 0 Å². The second-order valence-corrected chi connectivity index (χ2v) is 6.70. The molecule has 2 atom stereocenters. The zero-order valence-corrected chi connectivity index (χ0v) is 14.8. The van der Waals surface area contributed by atoms with Gasteiger partial charge in [-0.25, -0.2) is 0 Å². The number of carbonyl (C=O) groups excluding carboxylic acids is 1. The van der Waals surface area contributed by atoms with E-state index in [0.717, 1.165) is 25.2 Å². The van der Waals surface area contributed by atoms with Gasteiger partial charge in [0.15, 0.2) is 0 Å². The lowest BCUT2D eigenvalue weighted by Gasteiger charge is -2.26. The smallest absolute Gasteiger partial charge is 0.241 e. The Kier molecular flexibility index (Phi) is 6.41. The molecule has 1 aromatic rings. The fourth-order valence-corrected chi connectivity index (χ4v) is 2.79. The number of hydrogen-bond donors (Lipinski definition) is 2. The van der Waals surface area contributed by atoms with Crippen molar-refractivity contribution in [3.05, 3.63) is 29.3 Å². The predicted octanol–water partition coefficient (Wildman–Crippen LogP) is 2.72. The topological polar surface area (TPSA) is 58.4 Å². The fraction of sp³-hybridized carbons (Fsp3) is 0.588. The third-order valence-corrected chi connectivity index (χ3v) is 4.78. The first-order chi connectivity index (χ1) is 9.84. The zero-order chi connectivity index (χ0) is 15.6. The van der Waals surface area contributed by atoms with Crippen molar-refractivity contribution in [2.45, 2.75) is 40.2 Å². The number of nitrogens with zero attached hydrogens (tertiary/aromatic N) is 1. The Balaban J connectivity index is 0.00000242. The Labute approximate surface area is 139 Å². The van der Waals surface area contributed by atoms with Crippen molar-refractivity contribution >= 4 is 24.0 Å². The second-order valence-electron chi connectivity index (χ2n) is 6.70. The molecule has 0 spiro atoms. The first kappa shape index (κ1) is 18.9. The lowest BCUT2D eigenvalue weighted by Crippen LogP contribution is -2.42. The van der Waals surface area contributed by atoms with Gasteiger partial charge in [-0.15, -0.1) is 12.4 Å². The lowest BCUT2D eigenvalue weighted by atomic mass is 9.90. The van der Waals surface area contributed by atoms with Crippen molar-refractivity contribution < 1.29 is 4.79 Å². The molecular weight excluding hydrogens is 298 g/mol. The number of rotatable bonds is 4. The first-order valence-corrected chi connectivity index (χ1v) is 7.67. The molecule has 1 aliphatic rings. The summed E-state index contributed by atoms with van der Waals surface area (Å²) in [7, 11) is 0. The second kappa shape index (κ2) is 7.44. The number of aryl methyl sites for hydroxylation is 2. The number of benzene rings is 1. The molecule has 3 N–H and O–H groups in total. The molecule has 0 aliphatic carbocycles. The molecule has 0 aromatic heterocycles. The van der Waals surface area contributed by atoms with Gasteiger partial charge in [0.2, 0.25) is 5.91 Å². The molecular formula is C17H28ClN3O. The van der Waals surface area contributed by atoms with E-state index in [9.17, 15) is 4.79 Å². The van der Waals surface area contributed by atoms with Crippen LogP contribution in [-0.2, 0) is 4.79 Å². The Morgan fingerprint density at radius 3 is 2.64 bits per heavy atom. The molecule has 1 aliphatic heterocycles. The van der Waals surface area contributed by atoms with Gasteiger partial charge in [-0.05, 0) is 69.0 Å². The predicted molar refractivity (Wildman–Crippen MR) is 94.6 cm³/mol. The fourth-order valence-electron chi connectivity index (χ4n) is 2.79. The summed E-state index contributed by atoms with van der Waals surface area (Å²) in [5, 5.41) is 3.02. The van der Waals surface area contributed by atoms with E-state index in [4.69, 9.17) is 5.73 Å². The van der Waals surface area contributed by atoms with Gasteiger partial charge in [0.1, 0.15) is 0 Å². The van der Waals surface area contributed by atoms with Crippen LogP contribution in [0.3, 0.4) is 0 Å². The number of amides is 1. The third kappa shape index (κ3) is 4.22. The Hall–Kier alpha value is -1.10. The van der Waals surface area contributed by atoms with E-state index in [2.05, 4.69) is 31.0 Å². The Bertz CT molecular complexity index is 535. The Morgan fingerprint density at radius 1 is 1.41 bits per heavy atom. The van der Waals surface area contributed by atoms with Gasteiger partial charge in [0.25, 0.3) is 0 Å².